The van der Waals surface area contributed by atoms with Crippen LogP contribution in [0.5, 0.6) is 0 Å². The molecule has 3 rings (SSSR count). The topological polar surface area (TPSA) is 84.5 Å². The summed E-state index contributed by atoms with van der Waals surface area (Å²) in [4.78, 5) is 4.20. The highest BCUT2D eigenvalue weighted by atomic mass is 32.2. The summed E-state index contributed by atoms with van der Waals surface area (Å²) in [7, 11) is -2.11. The van der Waals surface area contributed by atoms with Crippen molar-refractivity contribution < 1.29 is 17.2 Å². The summed E-state index contributed by atoms with van der Waals surface area (Å²) >= 11 is 0. The van der Waals surface area contributed by atoms with Gasteiger partial charge in [-0.25, -0.2) is 17.2 Å². The molecule has 2 unspecified atom stereocenters. The summed E-state index contributed by atoms with van der Waals surface area (Å²) in [5.74, 6) is -1.69. The zero-order chi connectivity index (χ0) is 18.2. The lowest BCUT2D eigenvalue weighted by molar-refractivity contribution is 0.566. The molecule has 1 heterocycles. The molecule has 0 saturated carbocycles. The molecule has 0 amide bonds. The molecule has 1 aliphatic rings. The number of nitrogens with zero attached hydrogens (tertiary/aromatic N) is 1. The second-order valence-electron chi connectivity index (χ2n) is 5.82. The number of halogens is 2. The molecule has 2 aromatic carbocycles. The third-order valence-corrected chi connectivity index (χ3v) is 6.13. The number of benzene rings is 2. The summed E-state index contributed by atoms with van der Waals surface area (Å²) in [5, 5.41) is 1.64. The van der Waals surface area contributed by atoms with Gasteiger partial charge < -0.3 is 11.1 Å². The normalized spacial score (nSPS) is 22.3. The van der Waals surface area contributed by atoms with E-state index >= 15 is 0 Å². The van der Waals surface area contributed by atoms with Crippen LogP contribution in [0, 0.1) is 11.6 Å². The average molecular weight is 365 g/mol. The van der Waals surface area contributed by atoms with E-state index in [0.29, 0.717) is 5.69 Å². The number of sulfone groups is 1. The van der Waals surface area contributed by atoms with Crippen LogP contribution < -0.4 is 11.1 Å². The maximum atomic E-state index is 14.2. The summed E-state index contributed by atoms with van der Waals surface area (Å²) in [5.41, 5.74) is 6.89. The van der Waals surface area contributed by atoms with Crippen molar-refractivity contribution in [2.24, 2.45) is 10.7 Å². The summed E-state index contributed by atoms with van der Waals surface area (Å²) < 4.78 is 53.1. The minimum Gasteiger partial charge on any atom is -0.388 e. The van der Waals surface area contributed by atoms with Crippen LogP contribution in [0.2, 0.25) is 0 Å². The maximum Gasteiger partial charge on any atom is 0.166 e. The second-order valence-corrected chi connectivity index (χ2v) is 7.95. The van der Waals surface area contributed by atoms with E-state index in [9.17, 15) is 17.2 Å². The van der Waals surface area contributed by atoms with E-state index in [1.54, 1.807) is 13.1 Å². The van der Waals surface area contributed by atoms with E-state index in [-0.39, 0.29) is 17.0 Å². The third kappa shape index (κ3) is 3.34. The van der Waals surface area contributed by atoms with Crippen molar-refractivity contribution in [2.75, 3.05) is 18.1 Å². The van der Waals surface area contributed by atoms with Crippen LogP contribution in [0.4, 0.5) is 14.5 Å². The van der Waals surface area contributed by atoms with Crippen molar-refractivity contribution >= 4 is 21.4 Å². The molecule has 5 nitrogen and oxygen atoms in total. The van der Waals surface area contributed by atoms with Crippen LogP contribution in [0.15, 0.2) is 47.5 Å². The number of hydrogen-bond acceptors (Lipinski definition) is 5. The number of nitrogens with two attached hydrogens (primary N) is 1. The van der Waals surface area contributed by atoms with Gasteiger partial charge in [-0.05, 0) is 35.9 Å². The minimum atomic E-state index is -3.79. The molecule has 0 fully saturated rings. The average Bonchev–Trinajstić information content (AvgIpc) is 2.54. The van der Waals surface area contributed by atoms with Crippen molar-refractivity contribution in [2.45, 2.75) is 11.3 Å². The van der Waals surface area contributed by atoms with Gasteiger partial charge in [0.05, 0.1) is 11.8 Å². The molecule has 8 heteroatoms. The van der Waals surface area contributed by atoms with Gasteiger partial charge in [0, 0.05) is 18.3 Å². The fourth-order valence-electron chi connectivity index (χ4n) is 2.95. The lowest BCUT2D eigenvalue weighted by Gasteiger charge is -2.27. The second kappa shape index (κ2) is 6.44. The van der Waals surface area contributed by atoms with E-state index in [1.165, 1.54) is 30.3 Å². The Hall–Kier alpha value is -2.48. The van der Waals surface area contributed by atoms with Gasteiger partial charge in [0.15, 0.2) is 9.84 Å². The largest absolute Gasteiger partial charge is 0.388 e. The molecular weight excluding hydrogens is 348 g/mol. The number of amidine groups is 1. The lowest BCUT2D eigenvalue weighted by atomic mass is 10.1. The highest BCUT2D eigenvalue weighted by Gasteiger charge is 2.39. The van der Waals surface area contributed by atoms with Crippen LogP contribution in [0.1, 0.15) is 22.4 Å². The number of rotatable bonds is 3. The molecule has 0 radical (unpaired) electrons. The molecule has 1 aliphatic heterocycles. The Morgan fingerprint density at radius 3 is 2.60 bits per heavy atom. The van der Waals surface area contributed by atoms with Crippen molar-refractivity contribution in [3.05, 3.63) is 65.2 Å². The fourth-order valence-corrected chi connectivity index (χ4v) is 4.82. The molecule has 2 aromatic rings. The predicted molar refractivity (Wildman–Crippen MR) is 93.2 cm³/mol. The van der Waals surface area contributed by atoms with Gasteiger partial charge in [0.1, 0.15) is 22.7 Å². The van der Waals surface area contributed by atoms with E-state index < -0.39 is 38.5 Å². The summed E-state index contributed by atoms with van der Waals surface area (Å²) in [6, 6.07) is 8.58. The SMILES string of the molecule is CNc1ccc(F)c(C2CS(=O)(=O)C(c3cccc(F)c3)C(N)=N2)c1. The minimum absolute atomic E-state index is 0.149. The van der Waals surface area contributed by atoms with Crippen molar-refractivity contribution in [1.82, 2.24) is 0 Å². The van der Waals surface area contributed by atoms with Crippen LogP contribution in [-0.2, 0) is 9.84 Å². The predicted octanol–water partition coefficient (Wildman–Crippen LogP) is 2.57. The van der Waals surface area contributed by atoms with Gasteiger partial charge >= 0.3 is 0 Å². The Morgan fingerprint density at radius 2 is 1.96 bits per heavy atom. The molecule has 0 bridgehead atoms. The highest BCUT2D eigenvalue weighted by molar-refractivity contribution is 7.92. The van der Waals surface area contributed by atoms with Crippen molar-refractivity contribution in [3.63, 3.8) is 0 Å². The van der Waals surface area contributed by atoms with E-state index in [1.807, 2.05) is 0 Å². The van der Waals surface area contributed by atoms with Crippen LogP contribution >= 0.6 is 0 Å². The molecule has 0 saturated heterocycles. The summed E-state index contributed by atoms with van der Waals surface area (Å²) in [6.07, 6.45) is 0. The monoisotopic (exact) mass is 365 g/mol. The van der Waals surface area contributed by atoms with Crippen molar-refractivity contribution in [1.29, 1.82) is 0 Å². The quantitative estimate of drug-likeness (QED) is 0.876. The number of anilines is 1. The smallest absolute Gasteiger partial charge is 0.166 e. The molecule has 132 valence electrons. The number of nitrogens with one attached hydrogen (secondary N) is 1. The zero-order valence-electron chi connectivity index (χ0n) is 13.4. The maximum absolute atomic E-state index is 14.2. The standard InChI is InChI=1S/C17H17F2N3O2S/c1-21-12-5-6-14(19)13(8-12)15-9-25(23,24)16(17(20)22-15)10-3-2-4-11(18)7-10/h2-8,15-16,21H,9H2,1H3,(H2,20,22). The first-order valence-corrected chi connectivity index (χ1v) is 9.31. The molecule has 0 aromatic heterocycles. The fraction of sp³-hybridized carbons (Fsp3) is 0.235. The van der Waals surface area contributed by atoms with Crippen LogP contribution in [0.3, 0.4) is 0 Å². The van der Waals surface area contributed by atoms with Gasteiger partial charge in [-0.15, -0.1) is 0 Å². The summed E-state index contributed by atoms with van der Waals surface area (Å²) in [6.45, 7) is 0. The van der Waals surface area contributed by atoms with Gasteiger partial charge in [0.2, 0.25) is 0 Å². The third-order valence-electron chi connectivity index (χ3n) is 4.12. The lowest BCUT2D eigenvalue weighted by Crippen LogP contribution is -2.37. The van der Waals surface area contributed by atoms with E-state index in [2.05, 4.69) is 10.3 Å². The zero-order valence-corrected chi connectivity index (χ0v) is 14.2. The first-order chi connectivity index (χ1) is 11.8. The Labute approximate surface area is 144 Å². The molecule has 25 heavy (non-hydrogen) atoms. The highest BCUT2D eigenvalue weighted by Crippen LogP contribution is 2.35. The first kappa shape index (κ1) is 17.3. The first-order valence-electron chi connectivity index (χ1n) is 7.59. The van der Waals surface area contributed by atoms with Crippen LogP contribution in [-0.4, -0.2) is 27.1 Å². The molecule has 0 spiro atoms. The van der Waals surface area contributed by atoms with Crippen LogP contribution in [0.25, 0.3) is 0 Å². The molecule has 2 atom stereocenters. The van der Waals surface area contributed by atoms with E-state index in [0.717, 1.165) is 6.07 Å². The number of hydrogen-bond donors (Lipinski definition) is 2. The molecule has 3 N–H and O–H groups in total. The van der Waals surface area contributed by atoms with Gasteiger partial charge in [-0.3, -0.25) is 4.99 Å². The van der Waals surface area contributed by atoms with Gasteiger partial charge in [-0.2, -0.15) is 0 Å². The Kier molecular flexibility index (Phi) is 4.47. The molecular formula is C17H17F2N3O2S. The van der Waals surface area contributed by atoms with Gasteiger partial charge in [-0.1, -0.05) is 12.1 Å². The Morgan fingerprint density at radius 1 is 1.20 bits per heavy atom. The Bertz CT molecular complexity index is 945. The molecule has 0 aliphatic carbocycles. The number of aliphatic imine (C=N–C) groups is 1. The Balaban J connectivity index is 2.06. The van der Waals surface area contributed by atoms with Gasteiger partial charge in [0.25, 0.3) is 0 Å². The van der Waals surface area contributed by atoms with E-state index in [4.69, 9.17) is 5.73 Å². The van der Waals surface area contributed by atoms with Crippen molar-refractivity contribution in [3.8, 4) is 0 Å².